The predicted molar refractivity (Wildman–Crippen MR) is 107 cm³/mol. The molecule has 1 N–H and O–H groups in total. The van der Waals surface area contributed by atoms with Gasteiger partial charge in [0.25, 0.3) is 0 Å². The van der Waals surface area contributed by atoms with Gasteiger partial charge in [-0.3, -0.25) is 4.79 Å². The summed E-state index contributed by atoms with van der Waals surface area (Å²) in [6, 6.07) is 10.9. The lowest BCUT2D eigenvalue weighted by molar-refractivity contribution is -0.155. The summed E-state index contributed by atoms with van der Waals surface area (Å²) in [5.74, 6) is 0.318. The number of carbonyl (C=O) groups excluding carboxylic acids is 2. The number of nitrogens with zero attached hydrogens (tertiary/aromatic N) is 1. The zero-order chi connectivity index (χ0) is 20.4. The molecule has 0 aromatic heterocycles. The first-order valence-corrected chi connectivity index (χ1v) is 10.1. The van der Waals surface area contributed by atoms with Gasteiger partial charge in [-0.15, -0.1) is 0 Å². The molecule has 1 aromatic carbocycles. The first kappa shape index (κ1) is 20.6. The normalized spacial score (nSPS) is 23.8. The Labute approximate surface area is 167 Å². The van der Waals surface area contributed by atoms with Crippen LogP contribution in [0.5, 0.6) is 0 Å². The van der Waals surface area contributed by atoms with Crippen molar-refractivity contribution in [2.45, 2.75) is 57.6 Å². The summed E-state index contributed by atoms with van der Waals surface area (Å²) in [6.07, 6.45) is 1.93. The van der Waals surface area contributed by atoms with Gasteiger partial charge < -0.3 is 19.7 Å². The molecule has 6 nitrogen and oxygen atoms in total. The third-order valence-electron chi connectivity index (χ3n) is 5.71. The zero-order valence-electron chi connectivity index (χ0n) is 17.4. The molecule has 0 radical (unpaired) electrons. The van der Waals surface area contributed by atoms with Crippen molar-refractivity contribution < 1.29 is 19.1 Å². The van der Waals surface area contributed by atoms with Gasteiger partial charge in [-0.2, -0.15) is 0 Å². The number of amides is 1. The fraction of sp³-hybridized carbons (Fsp3) is 0.636. The molecule has 1 saturated heterocycles. The van der Waals surface area contributed by atoms with Gasteiger partial charge in [-0.1, -0.05) is 30.3 Å². The number of piperidine rings is 1. The average molecular weight is 389 g/mol. The molecule has 1 heterocycles. The molecule has 1 amide bonds. The van der Waals surface area contributed by atoms with Crippen LogP contribution in [0, 0.1) is 5.41 Å². The lowest BCUT2D eigenvalue weighted by Crippen LogP contribution is -2.52. The number of likely N-dealkylation sites (tertiary alicyclic amines) is 1. The second-order valence-electron chi connectivity index (χ2n) is 8.98. The van der Waals surface area contributed by atoms with Crippen molar-refractivity contribution in [3.63, 3.8) is 0 Å². The minimum atomic E-state index is -0.586. The number of ether oxygens (including phenoxy) is 2. The molecule has 2 atom stereocenters. The smallest absolute Gasteiger partial charge is 0.410 e. The molecule has 0 bridgehead atoms. The largest absolute Gasteiger partial charge is 0.469 e. The van der Waals surface area contributed by atoms with Crippen LogP contribution >= 0.6 is 0 Å². The first-order valence-electron chi connectivity index (χ1n) is 10.1. The summed E-state index contributed by atoms with van der Waals surface area (Å²) < 4.78 is 10.6. The van der Waals surface area contributed by atoms with E-state index in [9.17, 15) is 9.59 Å². The van der Waals surface area contributed by atoms with Crippen LogP contribution in [0.15, 0.2) is 30.3 Å². The Hall–Kier alpha value is -2.08. The summed E-state index contributed by atoms with van der Waals surface area (Å²) in [5, 5.41) is 3.58. The maximum absolute atomic E-state index is 12.6. The van der Waals surface area contributed by atoms with Crippen LogP contribution in [-0.4, -0.2) is 55.3 Å². The quantitative estimate of drug-likeness (QED) is 0.784. The molecule has 2 fully saturated rings. The third-order valence-corrected chi connectivity index (χ3v) is 5.71. The van der Waals surface area contributed by atoms with Crippen LogP contribution in [0.1, 0.15) is 51.5 Å². The maximum Gasteiger partial charge on any atom is 0.410 e. The summed E-state index contributed by atoms with van der Waals surface area (Å²) >= 11 is 0. The van der Waals surface area contributed by atoms with Crippen molar-refractivity contribution in [3.8, 4) is 0 Å². The minimum absolute atomic E-state index is 0.194. The molecule has 6 heteroatoms. The van der Waals surface area contributed by atoms with Crippen molar-refractivity contribution in [1.82, 2.24) is 10.2 Å². The molecule has 2 unspecified atom stereocenters. The zero-order valence-corrected chi connectivity index (χ0v) is 17.4. The standard InChI is InChI=1S/C22H32N2O4/c1-21(2,3)28-20(26)24-12-10-22(11-13-24,19(25)27-4)15-23-18-14-17(18)16-8-6-5-7-9-16/h5-9,17-18,23H,10-15H2,1-4H3. The number of carbonyl (C=O) groups is 2. The van der Waals surface area contributed by atoms with Crippen molar-refractivity contribution in [2.75, 3.05) is 26.7 Å². The van der Waals surface area contributed by atoms with E-state index in [4.69, 9.17) is 9.47 Å². The maximum atomic E-state index is 12.6. The summed E-state index contributed by atoms with van der Waals surface area (Å²) in [7, 11) is 1.44. The SMILES string of the molecule is COC(=O)C1(CNC2CC2c2ccccc2)CCN(C(=O)OC(C)(C)C)CC1. The number of hydrogen-bond acceptors (Lipinski definition) is 5. The molecule has 154 valence electrons. The van der Waals surface area contributed by atoms with Crippen LogP contribution in [0.25, 0.3) is 0 Å². The number of methoxy groups -OCH3 is 1. The monoisotopic (exact) mass is 388 g/mol. The number of hydrogen-bond donors (Lipinski definition) is 1. The van der Waals surface area contributed by atoms with Gasteiger partial charge in [-0.25, -0.2) is 4.79 Å². The molecule has 1 aliphatic heterocycles. The van der Waals surface area contributed by atoms with E-state index in [-0.39, 0.29) is 12.1 Å². The fourth-order valence-electron chi connectivity index (χ4n) is 3.93. The van der Waals surface area contributed by atoms with E-state index in [1.807, 2.05) is 26.8 Å². The van der Waals surface area contributed by atoms with Gasteiger partial charge in [0.2, 0.25) is 0 Å². The van der Waals surface area contributed by atoms with Crippen LogP contribution in [-0.2, 0) is 14.3 Å². The summed E-state index contributed by atoms with van der Waals surface area (Å²) in [4.78, 5) is 26.6. The summed E-state index contributed by atoms with van der Waals surface area (Å²) in [5.41, 5.74) is 0.234. The van der Waals surface area contributed by atoms with Gasteiger partial charge in [-0.05, 0) is 45.6 Å². The minimum Gasteiger partial charge on any atom is -0.469 e. The Kier molecular flexibility index (Phi) is 5.98. The lowest BCUT2D eigenvalue weighted by Gasteiger charge is -2.40. The molecule has 1 aromatic rings. The Balaban J connectivity index is 1.56. The third kappa shape index (κ3) is 4.85. The van der Waals surface area contributed by atoms with Crippen LogP contribution in [0.2, 0.25) is 0 Å². The van der Waals surface area contributed by atoms with Crippen molar-refractivity contribution >= 4 is 12.1 Å². The van der Waals surface area contributed by atoms with E-state index >= 15 is 0 Å². The number of benzene rings is 1. The fourth-order valence-corrected chi connectivity index (χ4v) is 3.93. The second kappa shape index (κ2) is 8.11. The first-order chi connectivity index (χ1) is 13.2. The van der Waals surface area contributed by atoms with Gasteiger partial charge in [0, 0.05) is 31.6 Å². The van der Waals surface area contributed by atoms with E-state index < -0.39 is 11.0 Å². The van der Waals surface area contributed by atoms with E-state index in [0.29, 0.717) is 44.4 Å². The van der Waals surface area contributed by atoms with Crippen LogP contribution in [0.4, 0.5) is 4.79 Å². The Morgan fingerprint density at radius 1 is 1.18 bits per heavy atom. The molecule has 2 aliphatic rings. The average Bonchev–Trinajstić information content (AvgIpc) is 3.45. The van der Waals surface area contributed by atoms with Crippen molar-refractivity contribution in [2.24, 2.45) is 5.41 Å². The van der Waals surface area contributed by atoms with E-state index in [1.54, 1.807) is 4.90 Å². The van der Waals surface area contributed by atoms with E-state index in [1.165, 1.54) is 12.7 Å². The van der Waals surface area contributed by atoms with Gasteiger partial charge >= 0.3 is 12.1 Å². The van der Waals surface area contributed by atoms with Gasteiger partial charge in [0.05, 0.1) is 12.5 Å². The molecule has 3 rings (SSSR count). The lowest BCUT2D eigenvalue weighted by atomic mass is 9.78. The Morgan fingerprint density at radius 3 is 2.39 bits per heavy atom. The topological polar surface area (TPSA) is 67.9 Å². The van der Waals surface area contributed by atoms with E-state index in [0.717, 1.165) is 6.42 Å². The number of nitrogens with one attached hydrogen (secondary N) is 1. The summed E-state index contributed by atoms with van der Waals surface area (Å²) in [6.45, 7) is 7.15. The van der Waals surface area contributed by atoms with Crippen molar-refractivity contribution in [1.29, 1.82) is 0 Å². The number of esters is 1. The molecule has 1 saturated carbocycles. The molecule has 1 aliphatic carbocycles. The molecular weight excluding hydrogens is 356 g/mol. The Bertz CT molecular complexity index is 690. The molecule has 28 heavy (non-hydrogen) atoms. The van der Waals surface area contributed by atoms with Crippen LogP contribution < -0.4 is 5.32 Å². The van der Waals surface area contributed by atoms with Gasteiger partial charge in [0.1, 0.15) is 5.60 Å². The predicted octanol–water partition coefficient (Wildman–Crippen LogP) is 3.32. The highest BCUT2D eigenvalue weighted by Gasteiger charge is 2.46. The van der Waals surface area contributed by atoms with Gasteiger partial charge in [0.15, 0.2) is 0 Å². The highest BCUT2D eigenvalue weighted by molar-refractivity contribution is 5.78. The highest BCUT2D eigenvalue weighted by Crippen LogP contribution is 2.42. The Morgan fingerprint density at radius 2 is 1.82 bits per heavy atom. The number of rotatable bonds is 5. The van der Waals surface area contributed by atoms with Crippen LogP contribution in [0.3, 0.4) is 0 Å². The molecule has 0 spiro atoms. The highest BCUT2D eigenvalue weighted by atomic mass is 16.6. The van der Waals surface area contributed by atoms with E-state index in [2.05, 4.69) is 29.6 Å². The molecular formula is C22H32N2O4. The van der Waals surface area contributed by atoms with Crippen molar-refractivity contribution in [3.05, 3.63) is 35.9 Å². The second-order valence-corrected chi connectivity index (χ2v) is 8.98.